The molecule has 0 radical (unpaired) electrons. The molecule has 1 aliphatic rings. The number of aryl methyl sites for hydroxylation is 2. The van der Waals surface area contributed by atoms with E-state index in [0.29, 0.717) is 17.8 Å². The van der Waals surface area contributed by atoms with Gasteiger partial charge in [0.25, 0.3) is 5.91 Å². The average Bonchev–Trinajstić information content (AvgIpc) is 2.99. The molecule has 5 heteroatoms. The van der Waals surface area contributed by atoms with Crippen LogP contribution in [0.4, 0.5) is 5.69 Å². The Balaban J connectivity index is 1.56. The summed E-state index contributed by atoms with van der Waals surface area (Å²) in [7, 11) is 0. The van der Waals surface area contributed by atoms with Crippen molar-refractivity contribution in [3.8, 4) is 0 Å². The minimum atomic E-state index is -0.418. The Bertz CT molecular complexity index is 1060. The third-order valence-corrected chi connectivity index (χ3v) is 5.18. The van der Waals surface area contributed by atoms with Crippen LogP contribution in [0, 0.1) is 13.8 Å². The van der Waals surface area contributed by atoms with E-state index in [4.69, 9.17) is 0 Å². The van der Waals surface area contributed by atoms with Gasteiger partial charge in [-0.1, -0.05) is 42.0 Å². The fourth-order valence-electron chi connectivity index (χ4n) is 3.67. The average molecular weight is 385 g/mol. The van der Waals surface area contributed by atoms with Crippen molar-refractivity contribution in [3.63, 3.8) is 0 Å². The van der Waals surface area contributed by atoms with Crippen molar-refractivity contribution >= 4 is 17.5 Å². The highest BCUT2D eigenvalue weighted by molar-refractivity contribution is 6.11. The minimum Gasteiger partial charge on any atom is -0.352 e. The molecule has 2 aromatic carbocycles. The number of aromatic nitrogens is 1. The highest BCUT2D eigenvalue weighted by Gasteiger charge is 2.39. The van der Waals surface area contributed by atoms with E-state index in [9.17, 15) is 9.59 Å². The van der Waals surface area contributed by atoms with Crippen LogP contribution in [0.3, 0.4) is 0 Å². The van der Waals surface area contributed by atoms with Gasteiger partial charge in [-0.15, -0.1) is 0 Å². The number of carbonyl (C=O) groups excluding carboxylic acids is 2. The van der Waals surface area contributed by atoms with Crippen LogP contribution in [0.2, 0.25) is 0 Å². The van der Waals surface area contributed by atoms with Crippen LogP contribution in [0.1, 0.15) is 45.2 Å². The third kappa shape index (κ3) is 3.90. The second-order valence-corrected chi connectivity index (χ2v) is 7.43. The first-order valence-corrected chi connectivity index (χ1v) is 9.70. The molecule has 2 amide bonds. The van der Waals surface area contributed by atoms with Crippen LogP contribution < -0.4 is 10.2 Å². The Morgan fingerprint density at radius 3 is 2.59 bits per heavy atom. The fourth-order valence-corrected chi connectivity index (χ4v) is 3.67. The van der Waals surface area contributed by atoms with Gasteiger partial charge in [-0.3, -0.25) is 19.5 Å². The zero-order valence-electron chi connectivity index (χ0n) is 16.6. The molecule has 5 nitrogen and oxygen atoms in total. The molecule has 0 saturated heterocycles. The van der Waals surface area contributed by atoms with Gasteiger partial charge in [0.2, 0.25) is 5.91 Å². The lowest BCUT2D eigenvalue weighted by Crippen LogP contribution is -2.33. The van der Waals surface area contributed by atoms with Crippen molar-refractivity contribution in [2.24, 2.45) is 0 Å². The van der Waals surface area contributed by atoms with Crippen LogP contribution in [-0.4, -0.2) is 16.8 Å². The Morgan fingerprint density at radius 1 is 1.03 bits per heavy atom. The maximum absolute atomic E-state index is 13.1. The first kappa shape index (κ1) is 18.9. The highest BCUT2D eigenvalue weighted by Crippen LogP contribution is 2.38. The summed E-state index contributed by atoms with van der Waals surface area (Å²) in [6.45, 7) is 4.47. The first-order chi connectivity index (χ1) is 14.0. The molecular weight excluding hydrogens is 362 g/mol. The SMILES string of the molecule is Cc1ccc(CNC(=O)CC2c3ncccc3C(=O)N2c2cccc(C)c2)cc1. The van der Waals surface area contributed by atoms with Crippen molar-refractivity contribution in [3.05, 3.63) is 94.8 Å². The van der Waals surface area contributed by atoms with E-state index in [1.807, 2.05) is 62.4 Å². The van der Waals surface area contributed by atoms with E-state index < -0.39 is 6.04 Å². The van der Waals surface area contributed by atoms with E-state index in [0.717, 1.165) is 16.8 Å². The topological polar surface area (TPSA) is 62.3 Å². The summed E-state index contributed by atoms with van der Waals surface area (Å²) in [6.07, 6.45) is 1.83. The second-order valence-electron chi connectivity index (χ2n) is 7.43. The van der Waals surface area contributed by atoms with Crippen molar-refractivity contribution < 1.29 is 9.59 Å². The van der Waals surface area contributed by atoms with Gasteiger partial charge in [-0.2, -0.15) is 0 Å². The van der Waals surface area contributed by atoms with Gasteiger partial charge >= 0.3 is 0 Å². The lowest BCUT2D eigenvalue weighted by Gasteiger charge is -2.25. The van der Waals surface area contributed by atoms with Crippen LogP contribution in [0.5, 0.6) is 0 Å². The van der Waals surface area contributed by atoms with Crippen LogP contribution in [-0.2, 0) is 11.3 Å². The zero-order chi connectivity index (χ0) is 20.4. The Labute approximate surface area is 170 Å². The van der Waals surface area contributed by atoms with Gasteiger partial charge in [0.05, 0.1) is 23.7 Å². The lowest BCUT2D eigenvalue weighted by molar-refractivity contribution is -0.121. The quantitative estimate of drug-likeness (QED) is 0.719. The molecule has 0 aliphatic carbocycles. The number of anilines is 1. The van der Waals surface area contributed by atoms with E-state index in [1.165, 1.54) is 5.56 Å². The number of carbonyl (C=O) groups is 2. The molecule has 2 heterocycles. The summed E-state index contributed by atoms with van der Waals surface area (Å²) in [5.74, 6) is -0.227. The molecule has 1 aliphatic heterocycles. The zero-order valence-corrected chi connectivity index (χ0v) is 16.6. The van der Waals surface area contributed by atoms with Gasteiger partial charge < -0.3 is 5.32 Å². The number of nitrogens with one attached hydrogen (secondary N) is 1. The number of hydrogen-bond donors (Lipinski definition) is 1. The number of pyridine rings is 1. The number of hydrogen-bond acceptors (Lipinski definition) is 3. The summed E-state index contributed by atoms with van der Waals surface area (Å²) in [6, 6.07) is 18.9. The van der Waals surface area contributed by atoms with Gasteiger partial charge in [0.1, 0.15) is 0 Å². The van der Waals surface area contributed by atoms with Crippen LogP contribution in [0.15, 0.2) is 66.9 Å². The Morgan fingerprint density at radius 2 is 1.83 bits per heavy atom. The van der Waals surface area contributed by atoms with Crippen molar-refractivity contribution in [2.45, 2.75) is 32.9 Å². The lowest BCUT2D eigenvalue weighted by atomic mass is 10.1. The molecule has 1 unspecified atom stereocenters. The molecule has 1 aromatic heterocycles. The predicted molar refractivity (Wildman–Crippen MR) is 113 cm³/mol. The minimum absolute atomic E-state index is 0.112. The Hall–Kier alpha value is -3.47. The standard InChI is InChI=1S/C24H23N3O2/c1-16-8-10-18(11-9-16)15-26-22(28)14-21-23-20(7-4-12-25-23)24(29)27(21)19-6-3-5-17(2)13-19/h3-13,21H,14-15H2,1-2H3,(H,26,28). The van der Waals surface area contributed by atoms with Crippen molar-refractivity contribution in [1.82, 2.24) is 10.3 Å². The van der Waals surface area contributed by atoms with Gasteiger partial charge in [-0.05, 0) is 49.2 Å². The smallest absolute Gasteiger partial charge is 0.260 e. The first-order valence-electron chi connectivity index (χ1n) is 9.70. The van der Waals surface area contributed by atoms with E-state index >= 15 is 0 Å². The number of nitrogens with zero attached hydrogens (tertiary/aromatic N) is 2. The van der Waals surface area contributed by atoms with E-state index in [1.54, 1.807) is 23.2 Å². The number of benzene rings is 2. The van der Waals surface area contributed by atoms with Gasteiger partial charge in [0, 0.05) is 18.4 Å². The summed E-state index contributed by atoms with van der Waals surface area (Å²) in [5.41, 5.74) is 5.28. The second kappa shape index (κ2) is 7.87. The number of rotatable bonds is 5. The van der Waals surface area contributed by atoms with E-state index in [2.05, 4.69) is 10.3 Å². The van der Waals surface area contributed by atoms with Crippen LogP contribution in [0.25, 0.3) is 0 Å². The monoisotopic (exact) mass is 385 g/mol. The van der Waals surface area contributed by atoms with Crippen molar-refractivity contribution in [1.29, 1.82) is 0 Å². The predicted octanol–water partition coefficient (Wildman–Crippen LogP) is 4.11. The number of fused-ring (bicyclic) bond motifs is 1. The summed E-state index contributed by atoms with van der Waals surface area (Å²) in [4.78, 5) is 31.9. The maximum Gasteiger partial charge on any atom is 0.260 e. The highest BCUT2D eigenvalue weighted by atomic mass is 16.2. The molecule has 29 heavy (non-hydrogen) atoms. The fraction of sp³-hybridized carbons (Fsp3) is 0.208. The summed E-state index contributed by atoms with van der Waals surface area (Å²) < 4.78 is 0. The largest absolute Gasteiger partial charge is 0.352 e. The molecule has 0 bridgehead atoms. The molecule has 3 aromatic rings. The molecule has 1 N–H and O–H groups in total. The third-order valence-electron chi connectivity index (χ3n) is 5.18. The van der Waals surface area contributed by atoms with Gasteiger partial charge in [-0.25, -0.2) is 0 Å². The van der Waals surface area contributed by atoms with Crippen molar-refractivity contribution in [2.75, 3.05) is 4.90 Å². The summed E-state index contributed by atoms with van der Waals surface area (Å²) >= 11 is 0. The van der Waals surface area contributed by atoms with E-state index in [-0.39, 0.29) is 18.2 Å². The summed E-state index contributed by atoms with van der Waals surface area (Å²) in [5, 5.41) is 2.97. The molecule has 0 saturated carbocycles. The maximum atomic E-state index is 13.1. The molecule has 146 valence electrons. The number of amides is 2. The van der Waals surface area contributed by atoms with Gasteiger partial charge in [0.15, 0.2) is 0 Å². The normalized spacial score (nSPS) is 15.3. The molecule has 0 spiro atoms. The molecule has 4 rings (SSSR count). The van der Waals surface area contributed by atoms with Crippen LogP contribution >= 0.6 is 0 Å². The molecule has 1 atom stereocenters. The molecule has 0 fully saturated rings. The molecular formula is C24H23N3O2. The Kier molecular flexibility index (Phi) is 5.12.